The number of halogens is 2. The molecule has 7 heteroatoms. The molecule has 124 valence electrons. The van der Waals surface area contributed by atoms with Crippen LogP contribution in [0.15, 0.2) is 45.2 Å². The number of carbonyl (C=O) groups is 2. The van der Waals surface area contributed by atoms with Gasteiger partial charge in [-0.2, -0.15) is 0 Å². The molecule has 0 aliphatic carbocycles. The molecule has 24 heavy (non-hydrogen) atoms. The zero-order valence-corrected chi connectivity index (χ0v) is 14.3. The Morgan fingerprint density at radius 1 is 1.12 bits per heavy atom. The third-order valence-electron chi connectivity index (χ3n) is 4.60. The van der Waals surface area contributed by atoms with Crippen LogP contribution in [0.3, 0.4) is 0 Å². The fourth-order valence-electron chi connectivity index (χ4n) is 3.56. The van der Waals surface area contributed by atoms with Gasteiger partial charge in [-0.25, -0.2) is 4.39 Å². The number of Topliss-reactive ketones (excluding diaryl/α,β-unsaturated/α-hetero) is 1. The lowest BCUT2D eigenvalue weighted by atomic mass is 9.76. The van der Waals surface area contributed by atoms with Crippen LogP contribution in [0.25, 0.3) is 0 Å². The van der Waals surface area contributed by atoms with Gasteiger partial charge in [-0.15, -0.1) is 0 Å². The van der Waals surface area contributed by atoms with Gasteiger partial charge in [-0.3, -0.25) is 9.59 Å². The van der Waals surface area contributed by atoms with E-state index >= 15 is 0 Å². The number of hydrogen-bond donors (Lipinski definition) is 3. The van der Waals surface area contributed by atoms with Crippen molar-refractivity contribution in [3.8, 4) is 0 Å². The van der Waals surface area contributed by atoms with E-state index in [0.717, 1.165) is 17.0 Å². The van der Waals surface area contributed by atoms with E-state index in [4.69, 9.17) is 0 Å². The molecule has 0 fully saturated rings. The van der Waals surface area contributed by atoms with Crippen molar-refractivity contribution in [3.05, 3.63) is 56.6 Å². The van der Waals surface area contributed by atoms with E-state index in [1.807, 2.05) is 0 Å². The fourth-order valence-corrected chi connectivity index (χ4v) is 3.96. The minimum Gasteiger partial charge on any atom is -0.360 e. The van der Waals surface area contributed by atoms with Gasteiger partial charge in [0.15, 0.2) is 5.78 Å². The summed E-state index contributed by atoms with van der Waals surface area (Å²) in [6.45, 7) is 1.36. The average Bonchev–Trinajstić information content (AvgIpc) is 2.56. The molecular weight excluding hydrogens is 377 g/mol. The van der Waals surface area contributed by atoms with Crippen molar-refractivity contribution in [1.82, 2.24) is 16.0 Å². The molecule has 0 bridgehead atoms. The molecule has 1 atom stereocenters. The van der Waals surface area contributed by atoms with E-state index in [2.05, 4.69) is 31.9 Å². The summed E-state index contributed by atoms with van der Waals surface area (Å²) in [4.78, 5) is 25.0. The molecule has 0 radical (unpaired) electrons. The van der Waals surface area contributed by atoms with Crippen LogP contribution in [0.2, 0.25) is 0 Å². The minimum atomic E-state index is -0.469. The summed E-state index contributed by atoms with van der Waals surface area (Å²) in [5.74, 6) is -1.06. The lowest BCUT2D eigenvalue weighted by Gasteiger charge is -2.37. The summed E-state index contributed by atoms with van der Waals surface area (Å²) in [5, 5.41) is 9.19. The van der Waals surface area contributed by atoms with Crippen LogP contribution < -0.4 is 16.0 Å². The van der Waals surface area contributed by atoms with Crippen LogP contribution in [0.1, 0.15) is 17.9 Å². The van der Waals surface area contributed by atoms with Crippen LogP contribution in [0.4, 0.5) is 4.39 Å². The van der Waals surface area contributed by atoms with E-state index in [-0.39, 0.29) is 24.1 Å². The Morgan fingerprint density at radius 2 is 1.96 bits per heavy atom. The van der Waals surface area contributed by atoms with E-state index < -0.39 is 5.92 Å². The van der Waals surface area contributed by atoms with E-state index in [0.29, 0.717) is 35.1 Å². The van der Waals surface area contributed by atoms with Crippen LogP contribution >= 0.6 is 15.9 Å². The van der Waals surface area contributed by atoms with Crippen LogP contribution in [-0.2, 0) is 9.59 Å². The number of amides is 1. The molecule has 3 aliphatic rings. The Hall–Kier alpha value is -1.99. The minimum absolute atomic E-state index is 0.0425. The topological polar surface area (TPSA) is 70.2 Å². The standard InChI is InChI=1S/C17H15BrFN3O2/c18-9-5-8(1-2-10(9)19)14-15-12(6-20-7-13(15)23)22-11-3-4-21-17(24)16(11)14/h1-2,5,14,20,22H,3-4,6-7H2,(H,21,24). The van der Waals surface area contributed by atoms with E-state index in [1.165, 1.54) is 6.07 Å². The molecule has 1 aromatic carbocycles. The quantitative estimate of drug-likeness (QED) is 0.677. The first-order chi connectivity index (χ1) is 11.6. The summed E-state index contributed by atoms with van der Waals surface area (Å²) < 4.78 is 14.0. The second-order valence-corrected chi connectivity index (χ2v) is 6.90. The fraction of sp³-hybridized carbons (Fsp3) is 0.294. The Balaban J connectivity index is 1.92. The maximum Gasteiger partial charge on any atom is 0.249 e. The van der Waals surface area contributed by atoms with Crippen LogP contribution in [0, 0.1) is 5.82 Å². The Morgan fingerprint density at radius 3 is 2.75 bits per heavy atom. The highest BCUT2D eigenvalue weighted by atomic mass is 79.9. The first-order valence-electron chi connectivity index (χ1n) is 7.76. The van der Waals surface area contributed by atoms with Crippen LogP contribution in [-0.4, -0.2) is 31.3 Å². The van der Waals surface area contributed by atoms with E-state index in [1.54, 1.807) is 12.1 Å². The van der Waals surface area contributed by atoms with Crippen LogP contribution in [0.5, 0.6) is 0 Å². The Bertz CT molecular complexity index is 789. The molecule has 1 amide bonds. The molecule has 0 saturated heterocycles. The lowest BCUT2D eigenvalue weighted by Crippen LogP contribution is -2.47. The normalized spacial score (nSPS) is 23.5. The van der Waals surface area contributed by atoms with Gasteiger partial charge in [0.2, 0.25) is 5.91 Å². The molecule has 3 heterocycles. The van der Waals surface area contributed by atoms with Crippen molar-refractivity contribution in [1.29, 1.82) is 0 Å². The van der Waals surface area contributed by atoms with Crippen molar-refractivity contribution in [3.63, 3.8) is 0 Å². The van der Waals surface area contributed by atoms with Gasteiger partial charge >= 0.3 is 0 Å². The second kappa shape index (κ2) is 5.82. The molecular formula is C17H15BrFN3O2. The van der Waals surface area contributed by atoms with E-state index in [9.17, 15) is 14.0 Å². The Kier molecular flexibility index (Phi) is 3.77. The summed E-state index contributed by atoms with van der Waals surface area (Å²) >= 11 is 3.20. The second-order valence-electron chi connectivity index (χ2n) is 6.05. The third-order valence-corrected chi connectivity index (χ3v) is 5.21. The maximum absolute atomic E-state index is 13.6. The van der Waals surface area contributed by atoms with Crippen molar-refractivity contribution in [2.75, 3.05) is 19.6 Å². The van der Waals surface area contributed by atoms with Gasteiger partial charge in [-0.1, -0.05) is 6.07 Å². The predicted octanol–water partition coefficient (Wildman–Crippen LogP) is 1.48. The van der Waals surface area contributed by atoms with Gasteiger partial charge in [-0.05, 0) is 33.6 Å². The monoisotopic (exact) mass is 391 g/mol. The Labute approximate surface area is 146 Å². The molecule has 5 nitrogen and oxygen atoms in total. The van der Waals surface area contributed by atoms with Gasteiger partial charge < -0.3 is 16.0 Å². The summed E-state index contributed by atoms with van der Waals surface area (Å²) in [6, 6.07) is 4.65. The highest BCUT2D eigenvalue weighted by Gasteiger charge is 2.40. The highest BCUT2D eigenvalue weighted by Crippen LogP contribution is 2.41. The zero-order chi connectivity index (χ0) is 16.8. The number of rotatable bonds is 1. The van der Waals surface area contributed by atoms with Crippen molar-refractivity contribution in [2.24, 2.45) is 0 Å². The number of hydrogen-bond acceptors (Lipinski definition) is 4. The number of nitrogens with one attached hydrogen (secondary N) is 3. The molecule has 0 saturated carbocycles. The van der Waals surface area contributed by atoms with Crippen molar-refractivity contribution >= 4 is 27.6 Å². The zero-order valence-electron chi connectivity index (χ0n) is 12.7. The SMILES string of the molecule is O=C1CNCC2=C1C(c1ccc(F)c(Br)c1)C1=C(CCNC1=O)N2. The number of benzene rings is 1. The van der Waals surface area contributed by atoms with Gasteiger partial charge in [0, 0.05) is 48.0 Å². The number of carbonyl (C=O) groups excluding carboxylic acids is 2. The molecule has 4 rings (SSSR count). The lowest BCUT2D eigenvalue weighted by molar-refractivity contribution is -0.118. The molecule has 1 aromatic rings. The average molecular weight is 392 g/mol. The first kappa shape index (κ1) is 15.5. The van der Waals surface area contributed by atoms with Gasteiger partial charge in [0.25, 0.3) is 0 Å². The predicted molar refractivity (Wildman–Crippen MR) is 89.5 cm³/mol. The molecule has 0 spiro atoms. The molecule has 1 unspecified atom stereocenters. The highest BCUT2D eigenvalue weighted by molar-refractivity contribution is 9.10. The molecule has 3 aliphatic heterocycles. The number of dihydropyridines is 1. The smallest absolute Gasteiger partial charge is 0.249 e. The first-order valence-corrected chi connectivity index (χ1v) is 8.55. The van der Waals surface area contributed by atoms with Crippen molar-refractivity contribution < 1.29 is 14.0 Å². The third kappa shape index (κ3) is 2.39. The van der Waals surface area contributed by atoms with Gasteiger partial charge in [0.1, 0.15) is 5.82 Å². The molecule has 0 aromatic heterocycles. The largest absolute Gasteiger partial charge is 0.360 e. The summed E-state index contributed by atoms with van der Waals surface area (Å²) in [5.41, 5.74) is 3.55. The summed E-state index contributed by atoms with van der Waals surface area (Å²) in [6.07, 6.45) is 0.685. The van der Waals surface area contributed by atoms with Gasteiger partial charge in [0.05, 0.1) is 11.0 Å². The van der Waals surface area contributed by atoms with Crippen molar-refractivity contribution in [2.45, 2.75) is 12.3 Å². The molecule has 3 N–H and O–H groups in total. The maximum atomic E-state index is 13.6. The number of ketones is 1. The summed E-state index contributed by atoms with van der Waals surface area (Å²) in [7, 11) is 0.